The van der Waals surface area contributed by atoms with Crippen molar-refractivity contribution in [2.45, 2.75) is 52.4 Å². The molecule has 0 aliphatic heterocycles. The summed E-state index contributed by atoms with van der Waals surface area (Å²) >= 11 is 0. The molecule has 1 aliphatic carbocycles. The van der Waals surface area contributed by atoms with Gasteiger partial charge in [0.05, 0.1) is 0 Å². The third-order valence-corrected chi connectivity index (χ3v) is 4.02. The molecule has 0 radical (unpaired) electrons. The third-order valence-electron chi connectivity index (χ3n) is 4.02. The fourth-order valence-electron chi connectivity index (χ4n) is 2.88. The number of nitrogen functional groups attached to an aromatic ring is 1. The molecule has 5 heteroatoms. The first-order chi connectivity index (χ1) is 9.58. The van der Waals surface area contributed by atoms with Crippen LogP contribution in [0.2, 0.25) is 0 Å². The molecule has 1 fully saturated rings. The Labute approximate surface area is 121 Å². The smallest absolute Gasteiger partial charge is 0.145 e. The van der Waals surface area contributed by atoms with Gasteiger partial charge in [-0.2, -0.15) is 0 Å². The number of nitrogens with two attached hydrogens (primary N) is 1. The van der Waals surface area contributed by atoms with Gasteiger partial charge in [0.1, 0.15) is 17.5 Å². The van der Waals surface area contributed by atoms with E-state index in [9.17, 15) is 0 Å². The Hall–Kier alpha value is -1.36. The van der Waals surface area contributed by atoms with Crippen LogP contribution in [-0.2, 0) is 0 Å². The highest BCUT2D eigenvalue weighted by Gasteiger charge is 2.18. The maximum Gasteiger partial charge on any atom is 0.145 e. The summed E-state index contributed by atoms with van der Waals surface area (Å²) in [7, 11) is 0. The van der Waals surface area contributed by atoms with Gasteiger partial charge in [-0.3, -0.25) is 0 Å². The van der Waals surface area contributed by atoms with Crippen LogP contribution in [0.15, 0.2) is 6.07 Å². The van der Waals surface area contributed by atoms with Gasteiger partial charge in [-0.15, -0.1) is 0 Å². The lowest BCUT2D eigenvalue weighted by atomic mass is 9.82. The van der Waals surface area contributed by atoms with Crippen molar-refractivity contribution in [3.63, 3.8) is 0 Å². The number of hydrogen-bond acceptors (Lipinski definition) is 5. The summed E-state index contributed by atoms with van der Waals surface area (Å²) < 4.78 is 0. The lowest BCUT2D eigenvalue weighted by Crippen LogP contribution is -2.22. The zero-order chi connectivity index (χ0) is 14.5. The van der Waals surface area contributed by atoms with E-state index in [0.29, 0.717) is 11.7 Å². The molecular weight excluding hydrogens is 250 g/mol. The monoisotopic (exact) mass is 277 g/mol. The van der Waals surface area contributed by atoms with E-state index in [0.717, 1.165) is 30.0 Å². The van der Waals surface area contributed by atoms with E-state index >= 15 is 0 Å². The van der Waals surface area contributed by atoms with Gasteiger partial charge in [-0.1, -0.05) is 33.6 Å². The van der Waals surface area contributed by atoms with Crippen LogP contribution in [0.5, 0.6) is 0 Å². The van der Waals surface area contributed by atoms with Gasteiger partial charge in [-0.25, -0.2) is 15.8 Å². The highest BCUT2D eigenvalue weighted by molar-refractivity contribution is 5.47. The second kappa shape index (κ2) is 6.88. The summed E-state index contributed by atoms with van der Waals surface area (Å²) in [5.74, 6) is 9.74. The molecule has 2 unspecified atom stereocenters. The van der Waals surface area contributed by atoms with E-state index in [1.54, 1.807) is 0 Å². The van der Waals surface area contributed by atoms with Crippen molar-refractivity contribution in [3.05, 3.63) is 11.9 Å². The van der Waals surface area contributed by atoms with Crippen LogP contribution in [0.3, 0.4) is 0 Å². The fourth-order valence-corrected chi connectivity index (χ4v) is 2.88. The molecule has 1 aliphatic rings. The first kappa shape index (κ1) is 15.0. The van der Waals surface area contributed by atoms with Crippen LogP contribution in [0.25, 0.3) is 0 Å². The number of aromatic nitrogens is 2. The molecule has 2 rings (SSSR count). The highest BCUT2D eigenvalue weighted by Crippen LogP contribution is 2.28. The average Bonchev–Trinajstić information content (AvgIpc) is 2.45. The molecule has 1 saturated carbocycles. The van der Waals surface area contributed by atoms with Gasteiger partial charge in [0.15, 0.2) is 0 Å². The average molecular weight is 277 g/mol. The Morgan fingerprint density at radius 1 is 1.30 bits per heavy atom. The van der Waals surface area contributed by atoms with Gasteiger partial charge in [0.25, 0.3) is 0 Å². The predicted molar refractivity (Wildman–Crippen MR) is 83.5 cm³/mol. The molecule has 1 aromatic rings. The standard InChI is InChI=1S/C15H27N5/c1-10(2)15-18-13(8-14(19-15)20-16)17-9-12-6-4-5-11(3)7-12/h8,10-12H,4-7,9,16H2,1-3H3,(H2,17,18,19,20). The summed E-state index contributed by atoms with van der Waals surface area (Å²) in [6.45, 7) is 7.51. The normalized spacial score (nSPS) is 22.9. The summed E-state index contributed by atoms with van der Waals surface area (Å²) in [5, 5.41) is 3.46. The van der Waals surface area contributed by atoms with Crippen molar-refractivity contribution in [3.8, 4) is 0 Å². The minimum atomic E-state index is 0.290. The number of rotatable bonds is 5. The first-order valence-electron chi connectivity index (χ1n) is 7.68. The zero-order valence-corrected chi connectivity index (χ0v) is 12.8. The number of hydrogen-bond donors (Lipinski definition) is 3. The molecule has 0 spiro atoms. The predicted octanol–water partition coefficient (Wildman–Crippen LogP) is 3.12. The summed E-state index contributed by atoms with van der Waals surface area (Å²) in [6.07, 6.45) is 5.37. The molecule has 0 aromatic carbocycles. The molecule has 0 saturated heterocycles. The third kappa shape index (κ3) is 4.07. The molecule has 5 nitrogen and oxygen atoms in total. The Balaban J connectivity index is 1.99. The van der Waals surface area contributed by atoms with Crippen LogP contribution in [0.4, 0.5) is 11.6 Å². The maximum atomic E-state index is 5.48. The van der Waals surface area contributed by atoms with Crippen LogP contribution >= 0.6 is 0 Å². The number of nitrogens with one attached hydrogen (secondary N) is 2. The van der Waals surface area contributed by atoms with Crippen molar-refractivity contribution in [1.82, 2.24) is 9.97 Å². The largest absolute Gasteiger partial charge is 0.370 e. The van der Waals surface area contributed by atoms with Crippen molar-refractivity contribution in [1.29, 1.82) is 0 Å². The van der Waals surface area contributed by atoms with Crippen molar-refractivity contribution in [2.75, 3.05) is 17.3 Å². The van der Waals surface area contributed by atoms with Gasteiger partial charge in [0, 0.05) is 18.5 Å². The minimum absolute atomic E-state index is 0.290. The van der Waals surface area contributed by atoms with Crippen LogP contribution in [0.1, 0.15) is 58.2 Å². The SMILES string of the molecule is CC1CCCC(CNc2cc(NN)nc(C(C)C)n2)C1. The second-order valence-corrected chi connectivity index (χ2v) is 6.31. The Bertz CT molecular complexity index is 432. The van der Waals surface area contributed by atoms with Gasteiger partial charge in [-0.05, 0) is 24.7 Å². The molecular formula is C15H27N5. The number of nitrogens with zero attached hydrogens (tertiary/aromatic N) is 2. The van der Waals surface area contributed by atoms with E-state index in [1.807, 2.05) is 6.07 Å². The van der Waals surface area contributed by atoms with Gasteiger partial charge >= 0.3 is 0 Å². The molecule has 20 heavy (non-hydrogen) atoms. The van der Waals surface area contributed by atoms with Crippen LogP contribution in [-0.4, -0.2) is 16.5 Å². The fraction of sp³-hybridized carbons (Fsp3) is 0.733. The topological polar surface area (TPSA) is 75.9 Å². The quantitative estimate of drug-likeness (QED) is 0.569. The van der Waals surface area contributed by atoms with E-state index in [4.69, 9.17) is 5.84 Å². The molecule has 0 bridgehead atoms. The lowest BCUT2D eigenvalue weighted by Gasteiger charge is -2.27. The Kier molecular flexibility index (Phi) is 5.17. The molecule has 112 valence electrons. The van der Waals surface area contributed by atoms with E-state index in [2.05, 4.69) is 41.5 Å². The highest BCUT2D eigenvalue weighted by atomic mass is 15.3. The van der Waals surface area contributed by atoms with Crippen molar-refractivity contribution in [2.24, 2.45) is 17.7 Å². The molecule has 1 heterocycles. The van der Waals surface area contributed by atoms with Gasteiger partial charge < -0.3 is 10.7 Å². The molecule has 0 amide bonds. The molecule has 2 atom stereocenters. The number of hydrazine groups is 1. The van der Waals surface area contributed by atoms with E-state index in [1.165, 1.54) is 25.7 Å². The van der Waals surface area contributed by atoms with Crippen molar-refractivity contribution < 1.29 is 0 Å². The van der Waals surface area contributed by atoms with Crippen molar-refractivity contribution >= 4 is 11.6 Å². The summed E-state index contributed by atoms with van der Waals surface area (Å²) in [4.78, 5) is 8.94. The minimum Gasteiger partial charge on any atom is -0.370 e. The second-order valence-electron chi connectivity index (χ2n) is 6.31. The zero-order valence-electron chi connectivity index (χ0n) is 12.8. The van der Waals surface area contributed by atoms with Crippen LogP contribution in [0, 0.1) is 11.8 Å². The summed E-state index contributed by atoms with van der Waals surface area (Å²) in [5.41, 5.74) is 2.62. The maximum absolute atomic E-state index is 5.48. The molecule has 4 N–H and O–H groups in total. The summed E-state index contributed by atoms with van der Waals surface area (Å²) in [6, 6.07) is 1.87. The Morgan fingerprint density at radius 3 is 2.70 bits per heavy atom. The first-order valence-corrected chi connectivity index (χ1v) is 7.68. The van der Waals surface area contributed by atoms with E-state index < -0.39 is 0 Å². The van der Waals surface area contributed by atoms with Crippen LogP contribution < -0.4 is 16.6 Å². The number of anilines is 2. The lowest BCUT2D eigenvalue weighted by molar-refractivity contribution is 0.293. The van der Waals surface area contributed by atoms with E-state index in [-0.39, 0.29) is 0 Å². The Morgan fingerprint density at radius 2 is 2.05 bits per heavy atom. The molecule has 1 aromatic heterocycles. The van der Waals surface area contributed by atoms with Gasteiger partial charge in [0.2, 0.25) is 0 Å².